The van der Waals surface area contributed by atoms with Gasteiger partial charge in [0.05, 0.1) is 10.7 Å². The van der Waals surface area contributed by atoms with Gasteiger partial charge in [-0.2, -0.15) is 0 Å². The lowest BCUT2D eigenvalue weighted by Crippen LogP contribution is -2.14. The third-order valence-corrected chi connectivity index (χ3v) is 4.72. The second-order valence-electron chi connectivity index (χ2n) is 5.71. The van der Waals surface area contributed by atoms with E-state index in [1.165, 1.54) is 36.0 Å². The molecule has 8 nitrogen and oxygen atoms in total. The van der Waals surface area contributed by atoms with Crippen molar-refractivity contribution in [2.24, 2.45) is 0 Å². The predicted octanol–water partition coefficient (Wildman–Crippen LogP) is 3.77. The molecule has 3 rings (SSSR count). The number of thioether (sulfide) groups is 1. The summed E-state index contributed by atoms with van der Waals surface area (Å²) in [4.78, 5) is 22.4. The highest BCUT2D eigenvalue weighted by molar-refractivity contribution is 7.99. The number of nitrogens with one attached hydrogen (secondary N) is 1. The normalized spacial score (nSPS) is 10.4. The molecule has 1 N–H and O–H groups in total. The van der Waals surface area contributed by atoms with Crippen molar-refractivity contribution in [3.8, 4) is 11.4 Å². The fraction of sp³-hybridized carbons (Fsp3) is 0.105. The van der Waals surface area contributed by atoms with Gasteiger partial charge in [-0.3, -0.25) is 19.5 Å². The van der Waals surface area contributed by atoms with Gasteiger partial charge in [-0.1, -0.05) is 48.2 Å². The van der Waals surface area contributed by atoms with Gasteiger partial charge in [0, 0.05) is 29.9 Å². The van der Waals surface area contributed by atoms with E-state index in [1.807, 2.05) is 34.9 Å². The zero-order valence-electron chi connectivity index (χ0n) is 14.8. The molecular weight excluding hydrogens is 378 g/mol. The van der Waals surface area contributed by atoms with Gasteiger partial charge in [-0.05, 0) is 12.1 Å². The zero-order valence-corrected chi connectivity index (χ0v) is 15.6. The van der Waals surface area contributed by atoms with Crippen LogP contribution < -0.4 is 5.32 Å². The van der Waals surface area contributed by atoms with Crippen molar-refractivity contribution in [3.05, 3.63) is 77.4 Å². The maximum Gasteiger partial charge on any atom is 0.269 e. The number of benzene rings is 2. The standard InChI is InChI=1S/C19H17N5O3S/c1-2-12-23-18(14-6-4-3-5-7-14)21-22-19(23)28-13-17(25)20-15-8-10-16(11-9-15)24(26)27/h2-11H,1,12-13H2,(H,20,25). The van der Waals surface area contributed by atoms with E-state index >= 15 is 0 Å². The van der Waals surface area contributed by atoms with Gasteiger partial charge in [0.2, 0.25) is 5.91 Å². The second kappa shape index (κ2) is 8.96. The summed E-state index contributed by atoms with van der Waals surface area (Å²) in [7, 11) is 0. The highest BCUT2D eigenvalue weighted by Gasteiger charge is 2.15. The van der Waals surface area contributed by atoms with Crippen LogP contribution in [-0.4, -0.2) is 31.3 Å². The fourth-order valence-electron chi connectivity index (χ4n) is 2.48. The number of nitrogens with zero attached hydrogens (tertiary/aromatic N) is 4. The number of anilines is 1. The Morgan fingerprint density at radius 1 is 1.18 bits per heavy atom. The fourth-order valence-corrected chi connectivity index (χ4v) is 3.23. The summed E-state index contributed by atoms with van der Waals surface area (Å²) in [5.74, 6) is 0.591. The van der Waals surface area contributed by atoms with Crippen LogP contribution in [0.4, 0.5) is 11.4 Å². The molecule has 142 valence electrons. The molecule has 0 aliphatic rings. The first-order valence-electron chi connectivity index (χ1n) is 8.35. The zero-order chi connectivity index (χ0) is 19.9. The SMILES string of the molecule is C=CCn1c(SCC(=O)Nc2ccc([N+](=O)[O-])cc2)nnc1-c1ccccc1. The van der Waals surface area contributed by atoms with Crippen LogP contribution in [0.3, 0.4) is 0 Å². The summed E-state index contributed by atoms with van der Waals surface area (Å²) in [6, 6.07) is 15.3. The molecule has 0 spiro atoms. The van der Waals surface area contributed by atoms with E-state index in [2.05, 4.69) is 22.1 Å². The van der Waals surface area contributed by atoms with Crippen LogP contribution in [0.2, 0.25) is 0 Å². The molecular formula is C19H17N5O3S. The number of aromatic nitrogens is 3. The minimum Gasteiger partial charge on any atom is -0.325 e. The van der Waals surface area contributed by atoms with Gasteiger partial charge in [0.1, 0.15) is 0 Å². The maximum atomic E-state index is 12.2. The van der Waals surface area contributed by atoms with Crippen molar-refractivity contribution in [2.75, 3.05) is 11.1 Å². The van der Waals surface area contributed by atoms with Crippen LogP contribution in [0.15, 0.2) is 72.4 Å². The van der Waals surface area contributed by atoms with Crippen molar-refractivity contribution < 1.29 is 9.72 Å². The number of allylic oxidation sites excluding steroid dienone is 1. The molecule has 3 aromatic rings. The third-order valence-electron chi connectivity index (χ3n) is 3.75. The van der Waals surface area contributed by atoms with Gasteiger partial charge in [0.15, 0.2) is 11.0 Å². The van der Waals surface area contributed by atoms with Crippen molar-refractivity contribution in [2.45, 2.75) is 11.7 Å². The molecule has 0 saturated heterocycles. The minimum absolute atomic E-state index is 0.0293. The van der Waals surface area contributed by atoms with Crippen molar-refractivity contribution in [3.63, 3.8) is 0 Å². The Hall–Kier alpha value is -3.46. The molecule has 9 heteroatoms. The van der Waals surface area contributed by atoms with Gasteiger partial charge in [0.25, 0.3) is 5.69 Å². The molecule has 0 fully saturated rings. The summed E-state index contributed by atoms with van der Waals surface area (Å²) in [6.45, 7) is 4.29. The van der Waals surface area contributed by atoms with E-state index in [0.717, 1.165) is 5.56 Å². The maximum absolute atomic E-state index is 12.2. The van der Waals surface area contributed by atoms with E-state index in [1.54, 1.807) is 6.08 Å². The average molecular weight is 395 g/mol. The molecule has 2 aromatic carbocycles. The Balaban J connectivity index is 1.66. The van der Waals surface area contributed by atoms with Crippen LogP contribution >= 0.6 is 11.8 Å². The van der Waals surface area contributed by atoms with Crippen molar-refractivity contribution >= 4 is 29.0 Å². The van der Waals surface area contributed by atoms with Crippen molar-refractivity contribution in [1.82, 2.24) is 14.8 Å². The summed E-state index contributed by atoms with van der Waals surface area (Å²) in [5.41, 5.74) is 1.39. The third kappa shape index (κ3) is 4.63. The van der Waals surface area contributed by atoms with Gasteiger partial charge < -0.3 is 5.32 Å². The highest BCUT2D eigenvalue weighted by atomic mass is 32.2. The summed E-state index contributed by atoms with van der Waals surface area (Å²) in [6.07, 6.45) is 1.75. The van der Waals surface area contributed by atoms with Gasteiger partial charge in [-0.15, -0.1) is 16.8 Å². The Kier molecular flexibility index (Phi) is 6.18. The number of amides is 1. The Bertz CT molecular complexity index is 987. The van der Waals surface area contributed by atoms with Crippen LogP contribution in [0.5, 0.6) is 0 Å². The lowest BCUT2D eigenvalue weighted by atomic mass is 10.2. The number of rotatable bonds is 8. The number of hydrogen-bond acceptors (Lipinski definition) is 6. The molecule has 1 amide bonds. The van der Waals surface area contributed by atoms with Crippen LogP contribution in [0.1, 0.15) is 0 Å². The predicted molar refractivity (Wildman–Crippen MR) is 108 cm³/mol. The number of non-ortho nitro benzene ring substituents is 1. The van der Waals surface area contributed by atoms with E-state index in [0.29, 0.717) is 23.2 Å². The summed E-state index contributed by atoms with van der Waals surface area (Å²) >= 11 is 1.26. The summed E-state index contributed by atoms with van der Waals surface area (Å²) < 4.78 is 1.89. The molecule has 0 unspecified atom stereocenters. The van der Waals surface area contributed by atoms with E-state index in [4.69, 9.17) is 0 Å². The Morgan fingerprint density at radius 3 is 2.54 bits per heavy atom. The van der Waals surface area contributed by atoms with E-state index in [-0.39, 0.29) is 17.3 Å². The van der Waals surface area contributed by atoms with E-state index in [9.17, 15) is 14.9 Å². The molecule has 1 aromatic heterocycles. The average Bonchev–Trinajstić information content (AvgIpc) is 3.10. The van der Waals surface area contributed by atoms with Crippen molar-refractivity contribution in [1.29, 1.82) is 0 Å². The molecule has 1 heterocycles. The Morgan fingerprint density at radius 2 is 1.89 bits per heavy atom. The Labute approximate surface area is 165 Å². The quantitative estimate of drug-likeness (QED) is 0.269. The first-order valence-corrected chi connectivity index (χ1v) is 9.33. The van der Waals surface area contributed by atoms with Gasteiger partial charge >= 0.3 is 0 Å². The molecule has 0 aliphatic heterocycles. The molecule has 0 atom stereocenters. The number of carbonyl (C=O) groups excluding carboxylic acids is 1. The molecule has 28 heavy (non-hydrogen) atoms. The topological polar surface area (TPSA) is 103 Å². The monoisotopic (exact) mass is 395 g/mol. The largest absolute Gasteiger partial charge is 0.325 e. The van der Waals surface area contributed by atoms with Crippen LogP contribution in [0, 0.1) is 10.1 Å². The minimum atomic E-state index is -0.488. The smallest absolute Gasteiger partial charge is 0.269 e. The van der Waals surface area contributed by atoms with Gasteiger partial charge in [-0.25, -0.2) is 0 Å². The van der Waals surface area contributed by atoms with Crippen LogP contribution in [0.25, 0.3) is 11.4 Å². The number of nitro groups is 1. The summed E-state index contributed by atoms with van der Waals surface area (Å²) in [5, 5.41) is 22.4. The molecule has 0 saturated carbocycles. The highest BCUT2D eigenvalue weighted by Crippen LogP contribution is 2.24. The van der Waals surface area contributed by atoms with Crippen LogP contribution in [-0.2, 0) is 11.3 Å². The second-order valence-corrected chi connectivity index (χ2v) is 6.65. The van der Waals surface area contributed by atoms with E-state index < -0.39 is 4.92 Å². The number of nitro benzene ring substituents is 1. The first-order chi connectivity index (χ1) is 13.6. The number of hydrogen-bond donors (Lipinski definition) is 1. The lowest BCUT2D eigenvalue weighted by Gasteiger charge is -2.08. The lowest BCUT2D eigenvalue weighted by molar-refractivity contribution is -0.384. The molecule has 0 bridgehead atoms. The first kappa shape index (κ1) is 19.3. The molecule has 0 radical (unpaired) electrons. The molecule has 0 aliphatic carbocycles. The number of carbonyl (C=O) groups is 1.